The Morgan fingerprint density at radius 2 is 2.00 bits per heavy atom. The van der Waals surface area contributed by atoms with Crippen LogP contribution in [0.25, 0.3) is 0 Å². The molecule has 0 aliphatic carbocycles. The Morgan fingerprint density at radius 3 is 2.79 bits per heavy atom. The van der Waals surface area contributed by atoms with E-state index in [1.54, 1.807) is 12.3 Å². The SMILES string of the molecule is Cc1c(Nc2cc[nH]c(=O)c2C(=O)Nc2ccc(N3CCN(C)CC3)c(CCO)c2)cnc2c1NCCO2. The molecule has 0 unspecified atom stereocenters. The van der Waals surface area contributed by atoms with Crippen LogP contribution in [0.3, 0.4) is 0 Å². The van der Waals surface area contributed by atoms with Crippen molar-refractivity contribution in [2.24, 2.45) is 0 Å². The molecule has 11 nitrogen and oxygen atoms in total. The van der Waals surface area contributed by atoms with E-state index in [2.05, 4.69) is 42.8 Å². The van der Waals surface area contributed by atoms with Gasteiger partial charge in [-0.05, 0) is 50.2 Å². The molecule has 1 amide bonds. The molecular formula is C27H33N7O4. The van der Waals surface area contributed by atoms with Gasteiger partial charge in [0.1, 0.15) is 17.9 Å². The van der Waals surface area contributed by atoms with Crippen molar-refractivity contribution in [3.05, 3.63) is 63.7 Å². The number of ether oxygens (including phenoxy) is 1. The number of nitrogens with zero attached hydrogens (tertiary/aromatic N) is 3. The third-order valence-electron chi connectivity index (χ3n) is 6.97. The van der Waals surface area contributed by atoms with Gasteiger partial charge in [0.15, 0.2) is 0 Å². The van der Waals surface area contributed by atoms with Gasteiger partial charge in [-0.3, -0.25) is 9.59 Å². The molecule has 2 aromatic heterocycles. The van der Waals surface area contributed by atoms with Crippen LogP contribution >= 0.6 is 0 Å². The largest absolute Gasteiger partial charge is 0.474 e. The van der Waals surface area contributed by atoms with Crippen LogP contribution in [0, 0.1) is 6.92 Å². The van der Waals surface area contributed by atoms with E-state index in [4.69, 9.17) is 4.74 Å². The van der Waals surface area contributed by atoms with E-state index in [9.17, 15) is 14.7 Å². The van der Waals surface area contributed by atoms with Crippen molar-refractivity contribution in [1.82, 2.24) is 14.9 Å². The number of aromatic amines is 1. The van der Waals surface area contributed by atoms with Gasteiger partial charge in [-0.15, -0.1) is 0 Å². The molecule has 3 aromatic rings. The summed E-state index contributed by atoms with van der Waals surface area (Å²) in [6, 6.07) is 7.32. The van der Waals surface area contributed by atoms with Gasteiger partial charge in [-0.2, -0.15) is 0 Å². The number of aromatic nitrogens is 2. The highest BCUT2D eigenvalue weighted by Gasteiger charge is 2.21. The minimum atomic E-state index is -0.540. The van der Waals surface area contributed by atoms with Crippen molar-refractivity contribution in [2.45, 2.75) is 13.3 Å². The molecule has 5 N–H and O–H groups in total. The van der Waals surface area contributed by atoms with Crippen LogP contribution < -0.4 is 31.1 Å². The Balaban J connectivity index is 1.39. The van der Waals surface area contributed by atoms with E-state index >= 15 is 0 Å². The quantitative estimate of drug-likeness (QED) is 0.318. The fourth-order valence-electron chi connectivity index (χ4n) is 4.83. The van der Waals surface area contributed by atoms with E-state index in [0.29, 0.717) is 42.5 Å². The normalized spacial score (nSPS) is 15.3. The molecule has 0 radical (unpaired) electrons. The van der Waals surface area contributed by atoms with E-state index in [0.717, 1.165) is 48.7 Å². The van der Waals surface area contributed by atoms with Crippen LogP contribution in [0.15, 0.2) is 41.5 Å². The van der Waals surface area contributed by atoms with Gasteiger partial charge in [0, 0.05) is 62.5 Å². The number of piperazine rings is 1. The number of aliphatic hydroxyl groups excluding tert-OH is 1. The smallest absolute Gasteiger partial charge is 0.263 e. The number of hydrogen-bond donors (Lipinski definition) is 5. The second-order valence-electron chi connectivity index (χ2n) is 9.53. The topological polar surface area (TPSA) is 135 Å². The maximum atomic E-state index is 13.4. The van der Waals surface area contributed by atoms with Crippen molar-refractivity contribution in [3.63, 3.8) is 0 Å². The van der Waals surface area contributed by atoms with Crippen molar-refractivity contribution in [3.8, 4) is 5.88 Å². The summed E-state index contributed by atoms with van der Waals surface area (Å²) in [5.74, 6) is -0.0106. The molecule has 1 fully saturated rings. The lowest BCUT2D eigenvalue weighted by Crippen LogP contribution is -2.44. The maximum Gasteiger partial charge on any atom is 0.263 e. The average molecular weight is 520 g/mol. The first kappa shape index (κ1) is 25.6. The first-order valence-corrected chi connectivity index (χ1v) is 12.8. The van der Waals surface area contributed by atoms with Crippen LogP contribution in [-0.2, 0) is 6.42 Å². The van der Waals surface area contributed by atoms with Gasteiger partial charge in [0.05, 0.1) is 17.6 Å². The Labute approximate surface area is 220 Å². The number of fused-ring (bicyclic) bond motifs is 1. The number of likely N-dealkylation sites (N-methyl/N-ethyl adjacent to an activating group) is 1. The molecule has 0 spiro atoms. The minimum absolute atomic E-state index is 0.00136. The summed E-state index contributed by atoms with van der Waals surface area (Å²) in [6.45, 7) is 6.85. The first-order chi connectivity index (χ1) is 18.4. The molecule has 2 aliphatic heterocycles. The summed E-state index contributed by atoms with van der Waals surface area (Å²) >= 11 is 0. The summed E-state index contributed by atoms with van der Waals surface area (Å²) in [5.41, 5.74) is 4.67. The Kier molecular flexibility index (Phi) is 7.47. The van der Waals surface area contributed by atoms with Crippen molar-refractivity contribution >= 4 is 34.3 Å². The lowest BCUT2D eigenvalue weighted by molar-refractivity contribution is 0.102. The van der Waals surface area contributed by atoms with Gasteiger partial charge in [-0.1, -0.05) is 0 Å². The number of anilines is 5. The number of aliphatic hydroxyl groups is 1. The number of amides is 1. The van der Waals surface area contributed by atoms with Gasteiger partial charge >= 0.3 is 0 Å². The molecule has 38 heavy (non-hydrogen) atoms. The molecule has 11 heteroatoms. The zero-order valence-corrected chi connectivity index (χ0v) is 21.6. The third-order valence-corrected chi connectivity index (χ3v) is 6.97. The molecule has 0 bridgehead atoms. The predicted octanol–water partition coefficient (Wildman–Crippen LogP) is 2.17. The summed E-state index contributed by atoms with van der Waals surface area (Å²) in [4.78, 5) is 37.7. The number of carbonyl (C=O) groups excluding carboxylic acids is 1. The summed E-state index contributed by atoms with van der Waals surface area (Å²) < 4.78 is 5.59. The fourth-order valence-corrected chi connectivity index (χ4v) is 4.83. The van der Waals surface area contributed by atoms with Crippen LogP contribution in [0.5, 0.6) is 5.88 Å². The lowest BCUT2D eigenvalue weighted by Gasteiger charge is -2.35. The minimum Gasteiger partial charge on any atom is -0.474 e. The van der Waals surface area contributed by atoms with Crippen molar-refractivity contribution < 1.29 is 14.6 Å². The van der Waals surface area contributed by atoms with Gasteiger partial charge in [0.25, 0.3) is 11.5 Å². The molecule has 2 aliphatic rings. The zero-order valence-electron chi connectivity index (χ0n) is 21.6. The van der Waals surface area contributed by atoms with E-state index in [-0.39, 0.29) is 12.2 Å². The Bertz CT molecular complexity index is 1380. The molecule has 5 rings (SSSR count). The molecule has 4 heterocycles. The van der Waals surface area contributed by atoms with E-state index in [1.807, 2.05) is 25.1 Å². The third kappa shape index (κ3) is 5.29. The first-order valence-electron chi connectivity index (χ1n) is 12.8. The van der Waals surface area contributed by atoms with E-state index in [1.165, 1.54) is 6.20 Å². The zero-order chi connectivity index (χ0) is 26.6. The lowest BCUT2D eigenvalue weighted by atomic mass is 10.1. The molecule has 1 aromatic carbocycles. The van der Waals surface area contributed by atoms with Crippen LogP contribution in [0.2, 0.25) is 0 Å². The Hall–Kier alpha value is -4.09. The van der Waals surface area contributed by atoms with Crippen LogP contribution in [0.1, 0.15) is 21.5 Å². The summed E-state index contributed by atoms with van der Waals surface area (Å²) in [5, 5.41) is 19.0. The van der Waals surface area contributed by atoms with Gasteiger partial charge in [-0.25, -0.2) is 4.98 Å². The Morgan fingerprint density at radius 1 is 1.18 bits per heavy atom. The molecule has 200 valence electrons. The van der Waals surface area contributed by atoms with Crippen molar-refractivity contribution in [2.75, 3.05) is 73.8 Å². The highest BCUT2D eigenvalue weighted by molar-refractivity contribution is 6.08. The van der Waals surface area contributed by atoms with Gasteiger partial charge in [0.2, 0.25) is 5.88 Å². The standard InChI is InChI=1S/C27H33N7O4/c1-17-21(16-30-27-24(17)28-8-14-38-27)32-20-5-7-29-25(36)23(20)26(37)31-19-3-4-22(18(15-19)6-13-35)34-11-9-33(2)10-12-34/h3-5,7,15-16,28,35H,6,8-14H2,1-2H3,(H,31,37)(H2,29,32,36). The second kappa shape index (κ2) is 11.1. The number of carbonyl (C=O) groups is 1. The number of H-pyrrole nitrogens is 1. The second-order valence-corrected chi connectivity index (χ2v) is 9.53. The molecular weight excluding hydrogens is 486 g/mol. The summed E-state index contributed by atoms with van der Waals surface area (Å²) in [6.07, 6.45) is 3.59. The van der Waals surface area contributed by atoms with Crippen LogP contribution in [0.4, 0.5) is 28.4 Å². The molecule has 0 saturated carbocycles. The number of nitrogens with one attached hydrogen (secondary N) is 4. The van der Waals surface area contributed by atoms with Gasteiger partial charge < -0.3 is 40.6 Å². The number of hydrogen-bond acceptors (Lipinski definition) is 9. The number of rotatable bonds is 7. The van der Waals surface area contributed by atoms with E-state index < -0.39 is 11.5 Å². The number of benzene rings is 1. The summed E-state index contributed by atoms with van der Waals surface area (Å²) in [7, 11) is 2.10. The monoisotopic (exact) mass is 519 g/mol. The maximum absolute atomic E-state index is 13.4. The highest BCUT2D eigenvalue weighted by Crippen LogP contribution is 2.34. The van der Waals surface area contributed by atoms with Crippen LogP contribution in [-0.4, -0.2) is 78.9 Å². The highest BCUT2D eigenvalue weighted by atomic mass is 16.5. The molecule has 1 saturated heterocycles. The average Bonchev–Trinajstić information content (AvgIpc) is 2.91. The van der Waals surface area contributed by atoms with Crippen molar-refractivity contribution in [1.29, 1.82) is 0 Å². The fraction of sp³-hybridized carbons (Fsp3) is 0.370. The molecule has 0 atom stereocenters. The predicted molar refractivity (Wildman–Crippen MR) is 148 cm³/mol. The number of pyridine rings is 2.